The summed E-state index contributed by atoms with van der Waals surface area (Å²) >= 11 is 10.5. The van der Waals surface area contributed by atoms with Gasteiger partial charge in [-0.3, -0.25) is 4.90 Å². The molecule has 1 atom stereocenters. The summed E-state index contributed by atoms with van der Waals surface area (Å²) in [7, 11) is 0. The lowest BCUT2D eigenvalue weighted by molar-refractivity contribution is 0.143. The number of nitrogens with zero attached hydrogens (tertiary/aromatic N) is 4. The molecule has 1 aromatic carbocycles. The van der Waals surface area contributed by atoms with Crippen molar-refractivity contribution < 1.29 is 18.4 Å². The summed E-state index contributed by atoms with van der Waals surface area (Å²) < 4.78 is 25.4. The van der Waals surface area contributed by atoms with Crippen LogP contribution in [0.4, 0.5) is 20.6 Å². The number of halogens is 1. The van der Waals surface area contributed by atoms with Gasteiger partial charge in [-0.15, -0.1) is 0 Å². The number of hydrogen-bond donors (Lipinski definition) is 1. The lowest BCUT2D eigenvalue weighted by atomic mass is 10.2. The number of amides is 1. The number of thiocarbonyl (C=S) groups is 2. The molecular weight excluding hydrogens is 453 g/mol. The van der Waals surface area contributed by atoms with E-state index >= 15 is 0 Å². The second-order valence-corrected chi connectivity index (χ2v) is 8.79. The molecule has 1 aromatic heterocycles. The minimum absolute atomic E-state index is 0.338. The molecule has 2 aliphatic heterocycles. The maximum absolute atomic E-state index is 15.0. The van der Waals surface area contributed by atoms with Gasteiger partial charge < -0.3 is 24.4 Å². The summed E-state index contributed by atoms with van der Waals surface area (Å²) in [6.45, 7) is 6.89. The molecule has 170 valence electrons. The van der Waals surface area contributed by atoms with Gasteiger partial charge in [-0.05, 0) is 32.0 Å². The van der Waals surface area contributed by atoms with Gasteiger partial charge in [0.1, 0.15) is 28.4 Å². The fourth-order valence-electron chi connectivity index (χ4n) is 3.80. The maximum Gasteiger partial charge on any atom is 0.414 e. The number of carbonyl (C=O) groups is 1. The van der Waals surface area contributed by atoms with Crippen molar-refractivity contribution in [3.8, 4) is 0 Å². The SMILES string of the molecule is CC(=S)NCC1CN(c2ccc(N3CCN(C(=S)c4cc(C)on4)CC3)c(F)c2)C(=O)O1. The van der Waals surface area contributed by atoms with E-state index in [9.17, 15) is 9.18 Å². The number of anilines is 2. The monoisotopic (exact) mass is 477 g/mol. The minimum atomic E-state index is -0.490. The van der Waals surface area contributed by atoms with Crippen molar-refractivity contribution in [3.63, 3.8) is 0 Å². The number of benzene rings is 1. The van der Waals surface area contributed by atoms with Crippen LogP contribution in [0.15, 0.2) is 28.8 Å². The molecule has 0 radical (unpaired) electrons. The van der Waals surface area contributed by atoms with Crippen molar-refractivity contribution in [2.75, 3.05) is 49.1 Å². The summed E-state index contributed by atoms with van der Waals surface area (Å²) in [6, 6.07) is 6.65. The van der Waals surface area contributed by atoms with Crippen LogP contribution >= 0.6 is 24.4 Å². The van der Waals surface area contributed by atoms with E-state index in [4.69, 9.17) is 33.7 Å². The van der Waals surface area contributed by atoms with Crippen molar-refractivity contribution in [2.24, 2.45) is 0 Å². The summed E-state index contributed by atoms with van der Waals surface area (Å²) in [5.41, 5.74) is 1.62. The smallest absolute Gasteiger partial charge is 0.414 e. The predicted molar refractivity (Wildman–Crippen MR) is 127 cm³/mol. The van der Waals surface area contributed by atoms with E-state index in [1.807, 2.05) is 22.8 Å². The van der Waals surface area contributed by atoms with Crippen LogP contribution < -0.4 is 15.1 Å². The molecular formula is C21H24FN5O3S2. The predicted octanol–water partition coefficient (Wildman–Crippen LogP) is 2.88. The standard InChI is InChI=1S/C21H24FN5O3S2/c1-13-9-18(24-30-13)20(32)26-7-5-25(6-8-26)19-4-3-15(10-17(19)22)27-12-16(29-21(27)28)11-23-14(2)31/h3-4,9-10,16H,5-8,11-12H2,1-2H3,(H,23,31). The first-order valence-electron chi connectivity index (χ1n) is 10.3. The van der Waals surface area contributed by atoms with Gasteiger partial charge in [0, 0.05) is 32.2 Å². The number of cyclic esters (lactones) is 1. The van der Waals surface area contributed by atoms with Gasteiger partial charge in [0.2, 0.25) is 0 Å². The fourth-order valence-corrected chi connectivity index (χ4v) is 4.16. The minimum Gasteiger partial charge on any atom is -0.442 e. The van der Waals surface area contributed by atoms with Crippen LogP contribution in [0.2, 0.25) is 0 Å². The quantitative estimate of drug-likeness (QED) is 0.655. The third-order valence-electron chi connectivity index (χ3n) is 5.45. The Morgan fingerprint density at radius 2 is 2.00 bits per heavy atom. The third kappa shape index (κ3) is 4.83. The average Bonchev–Trinajstić information content (AvgIpc) is 3.37. The number of carbonyl (C=O) groups excluding carboxylic acids is 1. The zero-order valence-electron chi connectivity index (χ0n) is 17.8. The second kappa shape index (κ2) is 9.37. The number of piperazine rings is 1. The Morgan fingerprint density at radius 1 is 1.25 bits per heavy atom. The highest BCUT2D eigenvalue weighted by molar-refractivity contribution is 7.80. The van der Waals surface area contributed by atoms with Crippen LogP contribution in [0.5, 0.6) is 0 Å². The van der Waals surface area contributed by atoms with Gasteiger partial charge in [0.25, 0.3) is 0 Å². The number of hydrogen-bond acceptors (Lipinski definition) is 7. The van der Waals surface area contributed by atoms with Crippen LogP contribution in [-0.2, 0) is 4.74 Å². The Hall–Kier alpha value is -2.79. The van der Waals surface area contributed by atoms with Crippen molar-refractivity contribution in [3.05, 3.63) is 41.5 Å². The van der Waals surface area contributed by atoms with Crippen LogP contribution in [-0.4, -0.2) is 71.5 Å². The summed E-state index contributed by atoms with van der Waals surface area (Å²) in [5.74, 6) is 0.330. The average molecular weight is 478 g/mol. The second-order valence-electron chi connectivity index (χ2n) is 7.79. The molecule has 2 fully saturated rings. The molecule has 0 bridgehead atoms. The highest BCUT2D eigenvalue weighted by Crippen LogP contribution is 2.28. The van der Waals surface area contributed by atoms with E-state index < -0.39 is 6.09 Å². The van der Waals surface area contributed by atoms with E-state index in [2.05, 4.69) is 10.5 Å². The number of aryl methyl sites for hydroxylation is 1. The molecule has 0 aliphatic carbocycles. The van der Waals surface area contributed by atoms with Gasteiger partial charge >= 0.3 is 6.09 Å². The molecule has 2 saturated heterocycles. The van der Waals surface area contributed by atoms with Crippen molar-refractivity contribution in [1.82, 2.24) is 15.4 Å². The summed E-state index contributed by atoms with van der Waals surface area (Å²) in [6.07, 6.45) is -0.829. The summed E-state index contributed by atoms with van der Waals surface area (Å²) in [5, 5.41) is 6.97. The van der Waals surface area contributed by atoms with Crippen LogP contribution in [0.25, 0.3) is 0 Å². The zero-order chi connectivity index (χ0) is 22.8. The Kier molecular flexibility index (Phi) is 6.56. The van der Waals surface area contributed by atoms with Gasteiger partial charge in [0.05, 0.1) is 29.5 Å². The summed E-state index contributed by atoms with van der Waals surface area (Å²) in [4.78, 5) is 19.0. The molecule has 4 rings (SSSR count). The Morgan fingerprint density at radius 3 is 2.62 bits per heavy atom. The van der Waals surface area contributed by atoms with E-state index in [1.54, 1.807) is 19.1 Å². The van der Waals surface area contributed by atoms with Crippen molar-refractivity contribution in [2.45, 2.75) is 20.0 Å². The first-order chi connectivity index (χ1) is 15.3. The molecule has 0 spiro atoms. The highest BCUT2D eigenvalue weighted by Gasteiger charge is 2.33. The lowest BCUT2D eigenvalue weighted by Gasteiger charge is -2.37. The third-order valence-corrected chi connectivity index (χ3v) is 6.06. The van der Waals surface area contributed by atoms with Crippen LogP contribution in [0.3, 0.4) is 0 Å². The Labute approximate surface area is 196 Å². The van der Waals surface area contributed by atoms with Crippen molar-refractivity contribution >= 4 is 51.9 Å². The molecule has 3 heterocycles. The molecule has 0 saturated carbocycles. The van der Waals surface area contributed by atoms with E-state index in [0.717, 1.165) is 0 Å². The van der Waals surface area contributed by atoms with E-state index in [-0.39, 0.29) is 11.9 Å². The first kappa shape index (κ1) is 22.4. The van der Waals surface area contributed by atoms with Crippen molar-refractivity contribution in [1.29, 1.82) is 0 Å². The number of nitrogens with one attached hydrogen (secondary N) is 1. The molecule has 1 N–H and O–H groups in total. The van der Waals surface area contributed by atoms with E-state index in [0.29, 0.717) is 72.1 Å². The van der Waals surface area contributed by atoms with Crippen LogP contribution in [0, 0.1) is 12.7 Å². The number of aromatic nitrogens is 1. The van der Waals surface area contributed by atoms with Gasteiger partial charge in [0.15, 0.2) is 0 Å². The highest BCUT2D eigenvalue weighted by atomic mass is 32.1. The molecule has 2 aromatic rings. The van der Waals surface area contributed by atoms with Crippen LogP contribution in [0.1, 0.15) is 18.4 Å². The molecule has 1 amide bonds. The number of ether oxygens (including phenoxy) is 1. The van der Waals surface area contributed by atoms with Gasteiger partial charge in [-0.2, -0.15) is 0 Å². The largest absolute Gasteiger partial charge is 0.442 e. The molecule has 1 unspecified atom stereocenters. The Bertz CT molecular complexity index is 1040. The fraction of sp³-hybridized carbons (Fsp3) is 0.429. The normalized spacial score (nSPS) is 18.7. The maximum atomic E-state index is 15.0. The zero-order valence-corrected chi connectivity index (χ0v) is 19.5. The van der Waals surface area contributed by atoms with E-state index in [1.165, 1.54) is 11.0 Å². The van der Waals surface area contributed by atoms with Gasteiger partial charge in [-0.25, -0.2) is 9.18 Å². The molecule has 2 aliphatic rings. The number of rotatable bonds is 5. The Balaban J connectivity index is 1.37. The molecule has 8 nitrogen and oxygen atoms in total. The topological polar surface area (TPSA) is 74.1 Å². The molecule has 32 heavy (non-hydrogen) atoms. The van der Waals surface area contributed by atoms with Gasteiger partial charge in [-0.1, -0.05) is 29.6 Å². The lowest BCUT2D eigenvalue weighted by Crippen LogP contribution is -2.48. The first-order valence-corrected chi connectivity index (χ1v) is 11.1. The molecule has 11 heteroatoms.